The second-order valence-electron chi connectivity index (χ2n) is 10.3. The molecule has 224 valence electrons. The number of anilines is 1. The average Bonchev–Trinajstić information content (AvgIpc) is 2.99. The molecular formula is C32H36F3N3O4. The minimum Gasteiger partial charge on any atom is -0.489 e. The molecule has 3 N–H and O–H groups in total. The van der Waals surface area contributed by atoms with E-state index in [-0.39, 0.29) is 35.9 Å². The van der Waals surface area contributed by atoms with Gasteiger partial charge < -0.3 is 25.4 Å². The molecule has 1 unspecified atom stereocenters. The van der Waals surface area contributed by atoms with Crippen LogP contribution < -0.4 is 25.4 Å². The molecule has 0 aliphatic heterocycles. The maximum absolute atomic E-state index is 13.2. The second kappa shape index (κ2) is 15.1. The van der Waals surface area contributed by atoms with Gasteiger partial charge in [-0.1, -0.05) is 49.6 Å². The third kappa shape index (κ3) is 10.0. The summed E-state index contributed by atoms with van der Waals surface area (Å²) in [6.45, 7) is 1.37. The first-order chi connectivity index (χ1) is 20.3. The summed E-state index contributed by atoms with van der Waals surface area (Å²) in [7, 11) is 0. The van der Waals surface area contributed by atoms with Gasteiger partial charge >= 0.3 is 6.36 Å². The van der Waals surface area contributed by atoms with Crippen molar-refractivity contribution in [3.8, 4) is 11.5 Å². The monoisotopic (exact) mass is 583 g/mol. The number of halogens is 3. The van der Waals surface area contributed by atoms with Gasteiger partial charge in [-0.3, -0.25) is 9.59 Å². The van der Waals surface area contributed by atoms with E-state index in [2.05, 4.69) is 20.7 Å². The first-order valence-corrected chi connectivity index (χ1v) is 14.2. The van der Waals surface area contributed by atoms with Crippen molar-refractivity contribution in [2.45, 2.75) is 45.1 Å². The smallest absolute Gasteiger partial charge is 0.489 e. The molecule has 10 heteroatoms. The molecule has 3 aromatic carbocycles. The van der Waals surface area contributed by atoms with Crippen molar-refractivity contribution in [2.24, 2.45) is 11.8 Å². The van der Waals surface area contributed by atoms with Crippen molar-refractivity contribution in [3.05, 3.63) is 90.0 Å². The minimum atomic E-state index is -4.74. The molecule has 1 aliphatic rings. The molecule has 0 aromatic heterocycles. The van der Waals surface area contributed by atoms with Crippen molar-refractivity contribution < 1.29 is 32.2 Å². The molecule has 0 radical (unpaired) electrons. The average molecular weight is 584 g/mol. The van der Waals surface area contributed by atoms with Gasteiger partial charge in [0.1, 0.15) is 18.1 Å². The van der Waals surface area contributed by atoms with E-state index < -0.39 is 6.36 Å². The lowest BCUT2D eigenvalue weighted by Gasteiger charge is -2.29. The van der Waals surface area contributed by atoms with Gasteiger partial charge in [0, 0.05) is 30.9 Å². The number of carbonyl (C=O) groups is 2. The third-order valence-electron chi connectivity index (χ3n) is 7.24. The van der Waals surface area contributed by atoms with Crippen molar-refractivity contribution >= 4 is 17.5 Å². The zero-order valence-electron chi connectivity index (χ0n) is 23.3. The molecule has 7 nitrogen and oxygen atoms in total. The third-order valence-corrected chi connectivity index (χ3v) is 7.24. The first-order valence-electron chi connectivity index (χ1n) is 14.2. The predicted molar refractivity (Wildman–Crippen MR) is 154 cm³/mol. The number of benzene rings is 3. The van der Waals surface area contributed by atoms with Crippen molar-refractivity contribution in [1.29, 1.82) is 0 Å². The van der Waals surface area contributed by atoms with E-state index in [1.807, 2.05) is 30.3 Å². The van der Waals surface area contributed by atoms with E-state index in [1.54, 1.807) is 24.3 Å². The van der Waals surface area contributed by atoms with Crippen LogP contribution in [0.15, 0.2) is 78.9 Å². The highest BCUT2D eigenvalue weighted by atomic mass is 19.4. The maximum Gasteiger partial charge on any atom is 0.573 e. The lowest BCUT2D eigenvalue weighted by Crippen LogP contribution is -2.44. The summed E-state index contributed by atoms with van der Waals surface area (Å²) < 4.78 is 46.7. The lowest BCUT2D eigenvalue weighted by atomic mass is 9.79. The second-order valence-corrected chi connectivity index (χ2v) is 10.3. The number of rotatable bonds is 13. The zero-order chi connectivity index (χ0) is 29.8. The summed E-state index contributed by atoms with van der Waals surface area (Å²) in [6.07, 6.45) is 0.394. The van der Waals surface area contributed by atoms with Gasteiger partial charge in [0.2, 0.25) is 5.91 Å². The normalized spacial score (nSPS) is 14.5. The van der Waals surface area contributed by atoms with E-state index in [4.69, 9.17) is 4.74 Å². The van der Waals surface area contributed by atoms with Crippen molar-refractivity contribution in [2.75, 3.05) is 25.0 Å². The molecule has 2 amide bonds. The van der Waals surface area contributed by atoms with Gasteiger partial charge in [0.15, 0.2) is 0 Å². The minimum absolute atomic E-state index is 0.123. The van der Waals surface area contributed by atoms with Crippen LogP contribution in [0.2, 0.25) is 0 Å². The first kappa shape index (κ1) is 30.7. The Morgan fingerprint density at radius 2 is 1.48 bits per heavy atom. The largest absolute Gasteiger partial charge is 0.573 e. The fourth-order valence-corrected chi connectivity index (χ4v) is 5.06. The van der Waals surface area contributed by atoms with E-state index >= 15 is 0 Å². The van der Waals surface area contributed by atoms with Crippen molar-refractivity contribution in [3.63, 3.8) is 0 Å². The summed E-state index contributed by atoms with van der Waals surface area (Å²) >= 11 is 0. The predicted octanol–water partition coefficient (Wildman–Crippen LogP) is 6.32. The van der Waals surface area contributed by atoms with Gasteiger partial charge in [0.05, 0.1) is 5.92 Å². The Kier molecular flexibility index (Phi) is 11.1. The van der Waals surface area contributed by atoms with Gasteiger partial charge in [0.25, 0.3) is 5.91 Å². The van der Waals surface area contributed by atoms with E-state index in [9.17, 15) is 22.8 Å². The molecule has 0 bridgehead atoms. The Hall–Kier alpha value is -4.21. The van der Waals surface area contributed by atoms with E-state index in [0.29, 0.717) is 36.7 Å². The summed E-state index contributed by atoms with van der Waals surface area (Å²) in [5, 5.41) is 8.96. The van der Waals surface area contributed by atoms with Crippen LogP contribution in [0.5, 0.6) is 11.5 Å². The summed E-state index contributed by atoms with van der Waals surface area (Å²) in [6, 6.07) is 22.1. The Balaban J connectivity index is 1.24. The quantitative estimate of drug-likeness (QED) is 0.205. The van der Waals surface area contributed by atoms with Gasteiger partial charge in [-0.05, 0) is 72.9 Å². The topological polar surface area (TPSA) is 88.7 Å². The van der Waals surface area contributed by atoms with Crippen LogP contribution in [0.3, 0.4) is 0 Å². The summed E-state index contributed by atoms with van der Waals surface area (Å²) in [5.41, 5.74) is 2.14. The Morgan fingerprint density at radius 1 is 0.810 bits per heavy atom. The Labute approximate surface area is 243 Å². The molecule has 42 heavy (non-hydrogen) atoms. The fourth-order valence-electron chi connectivity index (χ4n) is 5.06. The number of hydrogen-bond donors (Lipinski definition) is 3. The molecule has 4 rings (SSSR count). The molecular weight excluding hydrogens is 547 g/mol. The zero-order valence-corrected chi connectivity index (χ0v) is 23.3. The van der Waals surface area contributed by atoms with Gasteiger partial charge in [-0.25, -0.2) is 0 Å². The van der Waals surface area contributed by atoms with Gasteiger partial charge in [-0.2, -0.15) is 0 Å². The SMILES string of the molecule is O=C(NCC(C(=O)NCCNc1ccc(OC(F)(F)F)cc1)C1CCCCC1)c1ccc(OCc2ccccc2)cc1. The van der Waals surface area contributed by atoms with Crippen LogP contribution in [0.25, 0.3) is 0 Å². The Bertz CT molecular complexity index is 1260. The van der Waals surface area contributed by atoms with Crippen LogP contribution in [0.4, 0.5) is 18.9 Å². The van der Waals surface area contributed by atoms with Crippen LogP contribution in [0.1, 0.15) is 48.0 Å². The van der Waals surface area contributed by atoms with Gasteiger partial charge in [-0.15, -0.1) is 13.2 Å². The van der Waals surface area contributed by atoms with Crippen LogP contribution in [0, 0.1) is 11.8 Å². The summed E-state index contributed by atoms with van der Waals surface area (Å²) in [5.74, 6) is -0.191. The molecule has 3 aromatic rings. The number of ether oxygens (including phenoxy) is 2. The van der Waals surface area contributed by atoms with Crippen LogP contribution in [-0.4, -0.2) is 37.8 Å². The van der Waals surface area contributed by atoms with Crippen molar-refractivity contribution in [1.82, 2.24) is 10.6 Å². The number of carbonyl (C=O) groups excluding carboxylic acids is 2. The number of alkyl halides is 3. The molecule has 1 saturated carbocycles. The van der Waals surface area contributed by atoms with E-state index in [0.717, 1.165) is 37.7 Å². The summed E-state index contributed by atoms with van der Waals surface area (Å²) in [4.78, 5) is 26.1. The highest BCUT2D eigenvalue weighted by Gasteiger charge is 2.31. The molecule has 0 spiro atoms. The maximum atomic E-state index is 13.2. The number of hydrogen-bond acceptors (Lipinski definition) is 5. The molecule has 1 atom stereocenters. The molecule has 1 fully saturated rings. The standard InChI is InChI=1S/C32H36F3N3O4/c33-32(34,35)42-28-17-13-26(14-18-28)36-19-20-37-31(40)29(24-9-5-2-6-10-24)21-38-30(39)25-11-15-27(16-12-25)41-22-23-7-3-1-4-8-23/h1,3-4,7-8,11-18,24,29,36H,2,5-6,9-10,19-22H2,(H,37,40)(H,38,39). The fraction of sp³-hybridized carbons (Fsp3) is 0.375. The molecule has 0 saturated heterocycles. The Morgan fingerprint density at radius 3 is 2.14 bits per heavy atom. The molecule has 0 heterocycles. The van der Waals surface area contributed by atoms with Crippen LogP contribution >= 0.6 is 0 Å². The number of nitrogens with one attached hydrogen (secondary N) is 3. The van der Waals surface area contributed by atoms with E-state index in [1.165, 1.54) is 24.3 Å². The van der Waals surface area contributed by atoms with Crippen LogP contribution in [-0.2, 0) is 11.4 Å². The highest BCUT2D eigenvalue weighted by molar-refractivity contribution is 5.94. The number of amides is 2. The lowest BCUT2D eigenvalue weighted by molar-refractivity contribution is -0.274. The molecule has 1 aliphatic carbocycles. The highest BCUT2D eigenvalue weighted by Crippen LogP contribution is 2.30.